The molecule has 5 nitrogen and oxygen atoms in total. The van der Waals surface area contributed by atoms with Gasteiger partial charge in [-0.15, -0.1) is 0 Å². The fourth-order valence-corrected chi connectivity index (χ4v) is 1.88. The zero-order valence-electron chi connectivity index (χ0n) is 10.9. The molecule has 104 valence electrons. The largest absolute Gasteiger partial charge is 0.481 e. The Morgan fingerprint density at radius 3 is 2.74 bits per heavy atom. The number of nitrogens with zero attached hydrogens (tertiary/aromatic N) is 1. The molecule has 1 atom stereocenters. The predicted molar refractivity (Wildman–Crippen MR) is 77.1 cm³/mol. The number of likely N-dealkylation sites (N-methyl/N-ethyl adjacent to an activating group) is 1. The lowest BCUT2D eigenvalue weighted by atomic mass is 10.2. The van der Waals surface area contributed by atoms with Gasteiger partial charge in [-0.3, -0.25) is 14.5 Å². The zero-order valence-corrected chi connectivity index (χ0v) is 12.5. The monoisotopic (exact) mass is 328 g/mol. The van der Waals surface area contributed by atoms with Gasteiger partial charge in [0.1, 0.15) is 0 Å². The van der Waals surface area contributed by atoms with E-state index in [1.807, 2.05) is 18.2 Å². The molecule has 0 aliphatic heterocycles. The maximum absolute atomic E-state index is 12.0. The number of nitrogens with one attached hydrogen (secondary N) is 1. The highest BCUT2D eigenvalue weighted by Crippen LogP contribution is 2.16. The Hall–Kier alpha value is -1.40. The molecule has 2 N–H and O–H groups in total. The SMILES string of the molecule is CC(C(=O)Nc1cccc(Br)c1)N(C)CCC(=O)O. The molecule has 0 bridgehead atoms. The van der Waals surface area contributed by atoms with E-state index < -0.39 is 12.0 Å². The van der Waals surface area contributed by atoms with Crippen LogP contribution in [0.4, 0.5) is 5.69 Å². The second kappa shape index (κ2) is 7.25. The van der Waals surface area contributed by atoms with Gasteiger partial charge in [0.2, 0.25) is 5.91 Å². The lowest BCUT2D eigenvalue weighted by Gasteiger charge is -2.23. The third-order valence-electron chi connectivity index (χ3n) is 2.81. The molecule has 0 aliphatic carbocycles. The van der Waals surface area contributed by atoms with E-state index in [1.165, 1.54) is 0 Å². The van der Waals surface area contributed by atoms with Gasteiger partial charge in [0.15, 0.2) is 0 Å². The van der Waals surface area contributed by atoms with Gasteiger partial charge < -0.3 is 10.4 Å². The fraction of sp³-hybridized carbons (Fsp3) is 0.385. The molecule has 1 rings (SSSR count). The molecule has 1 amide bonds. The molecule has 0 radical (unpaired) electrons. The zero-order chi connectivity index (χ0) is 14.4. The Kier molecular flexibility index (Phi) is 5.98. The van der Waals surface area contributed by atoms with Crippen LogP contribution in [0.15, 0.2) is 28.7 Å². The number of carbonyl (C=O) groups is 2. The first kappa shape index (κ1) is 15.7. The summed E-state index contributed by atoms with van der Waals surface area (Å²) in [5, 5.41) is 11.4. The summed E-state index contributed by atoms with van der Waals surface area (Å²) >= 11 is 3.33. The lowest BCUT2D eigenvalue weighted by molar-refractivity contribution is -0.137. The average molecular weight is 329 g/mol. The van der Waals surface area contributed by atoms with E-state index in [0.717, 1.165) is 4.47 Å². The van der Waals surface area contributed by atoms with Crippen LogP contribution < -0.4 is 5.32 Å². The third kappa shape index (κ3) is 5.40. The van der Waals surface area contributed by atoms with E-state index in [0.29, 0.717) is 12.2 Å². The van der Waals surface area contributed by atoms with Crippen LogP contribution in [0.2, 0.25) is 0 Å². The van der Waals surface area contributed by atoms with Crippen LogP contribution in [0, 0.1) is 0 Å². The summed E-state index contributed by atoms with van der Waals surface area (Å²) in [6, 6.07) is 6.92. The molecule has 0 fully saturated rings. The van der Waals surface area contributed by atoms with Crippen molar-refractivity contribution in [3.63, 3.8) is 0 Å². The van der Waals surface area contributed by atoms with E-state index in [1.54, 1.807) is 24.9 Å². The van der Waals surface area contributed by atoms with Crippen molar-refractivity contribution in [2.24, 2.45) is 0 Å². The maximum Gasteiger partial charge on any atom is 0.304 e. The second-order valence-electron chi connectivity index (χ2n) is 4.30. The number of aliphatic carboxylic acids is 1. The van der Waals surface area contributed by atoms with Crippen LogP contribution in [-0.2, 0) is 9.59 Å². The van der Waals surface area contributed by atoms with Crippen LogP contribution in [0.25, 0.3) is 0 Å². The topological polar surface area (TPSA) is 69.6 Å². The smallest absolute Gasteiger partial charge is 0.304 e. The van der Waals surface area contributed by atoms with Crippen molar-refractivity contribution in [1.29, 1.82) is 0 Å². The Bertz CT molecular complexity index is 465. The molecule has 0 saturated heterocycles. The molecular formula is C13H17BrN2O3. The normalized spacial score (nSPS) is 12.2. The molecule has 19 heavy (non-hydrogen) atoms. The molecule has 0 aliphatic rings. The quantitative estimate of drug-likeness (QED) is 0.839. The number of carboxylic acids is 1. The van der Waals surface area contributed by atoms with Gasteiger partial charge in [0, 0.05) is 16.7 Å². The number of anilines is 1. The van der Waals surface area contributed by atoms with Crippen molar-refractivity contribution in [1.82, 2.24) is 4.90 Å². The van der Waals surface area contributed by atoms with Gasteiger partial charge in [-0.1, -0.05) is 22.0 Å². The molecular weight excluding hydrogens is 312 g/mol. The number of carbonyl (C=O) groups excluding carboxylic acids is 1. The van der Waals surface area contributed by atoms with Crippen molar-refractivity contribution in [2.45, 2.75) is 19.4 Å². The van der Waals surface area contributed by atoms with E-state index in [2.05, 4.69) is 21.2 Å². The van der Waals surface area contributed by atoms with Gasteiger partial charge >= 0.3 is 5.97 Å². The highest BCUT2D eigenvalue weighted by atomic mass is 79.9. The lowest BCUT2D eigenvalue weighted by Crippen LogP contribution is -2.40. The molecule has 0 heterocycles. The molecule has 6 heteroatoms. The van der Waals surface area contributed by atoms with Gasteiger partial charge in [-0.05, 0) is 32.2 Å². The summed E-state index contributed by atoms with van der Waals surface area (Å²) in [6.45, 7) is 2.08. The number of rotatable bonds is 6. The molecule has 0 spiro atoms. The van der Waals surface area contributed by atoms with Crippen LogP contribution in [0.3, 0.4) is 0 Å². The summed E-state index contributed by atoms with van der Waals surface area (Å²) in [7, 11) is 1.73. The first-order valence-corrected chi connectivity index (χ1v) is 6.68. The Balaban J connectivity index is 2.54. The van der Waals surface area contributed by atoms with Crippen LogP contribution in [-0.4, -0.2) is 41.5 Å². The van der Waals surface area contributed by atoms with Gasteiger partial charge in [-0.2, -0.15) is 0 Å². The first-order chi connectivity index (χ1) is 8.90. The highest BCUT2D eigenvalue weighted by molar-refractivity contribution is 9.10. The maximum atomic E-state index is 12.0. The van der Waals surface area contributed by atoms with Gasteiger partial charge in [0.25, 0.3) is 0 Å². The van der Waals surface area contributed by atoms with Gasteiger partial charge in [0.05, 0.1) is 12.5 Å². The van der Waals surface area contributed by atoms with Crippen LogP contribution in [0.1, 0.15) is 13.3 Å². The van der Waals surface area contributed by atoms with Crippen LogP contribution in [0.5, 0.6) is 0 Å². The Morgan fingerprint density at radius 2 is 2.16 bits per heavy atom. The minimum absolute atomic E-state index is 0.0189. The number of amides is 1. The van der Waals surface area contributed by atoms with Crippen molar-refractivity contribution < 1.29 is 14.7 Å². The number of hydrogen-bond donors (Lipinski definition) is 2. The number of hydrogen-bond acceptors (Lipinski definition) is 3. The summed E-state index contributed by atoms with van der Waals surface area (Å²) in [5.41, 5.74) is 0.706. The fourth-order valence-electron chi connectivity index (χ4n) is 1.48. The van der Waals surface area contributed by atoms with Crippen molar-refractivity contribution in [2.75, 3.05) is 18.9 Å². The Morgan fingerprint density at radius 1 is 1.47 bits per heavy atom. The van der Waals surface area contributed by atoms with E-state index in [4.69, 9.17) is 5.11 Å². The number of carboxylic acid groups (broad SMARTS) is 1. The first-order valence-electron chi connectivity index (χ1n) is 5.88. The summed E-state index contributed by atoms with van der Waals surface area (Å²) in [5.74, 6) is -1.03. The highest BCUT2D eigenvalue weighted by Gasteiger charge is 2.18. The molecule has 1 aromatic rings. The molecule has 0 saturated carbocycles. The van der Waals surface area contributed by atoms with E-state index in [-0.39, 0.29) is 12.3 Å². The van der Waals surface area contributed by atoms with E-state index in [9.17, 15) is 9.59 Å². The van der Waals surface area contributed by atoms with Crippen molar-refractivity contribution >= 4 is 33.5 Å². The van der Waals surface area contributed by atoms with Crippen LogP contribution >= 0.6 is 15.9 Å². The predicted octanol–water partition coefficient (Wildman–Crippen LogP) is 2.18. The molecule has 1 unspecified atom stereocenters. The van der Waals surface area contributed by atoms with Gasteiger partial charge in [-0.25, -0.2) is 0 Å². The summed E-state index contributed by atoms with van der Waals surface area (Å²) in [6.07, 6.45) is 0.0189. The van der Waals surface area contributed by atoms with E-state index >= 15 is 0 Å². The molecule has 1 aromatic carbocycles. The third-order valence-corrected chi connectivity index (χ3v) is 3.30. The van der Waals surface area contributed by atoms with Crippen molar-refractivity contribution in [3.05, 3.63) is 28.7 Å². The summed E-state index contributed by atoms with van der Waals surface area (Å²) < 4.78 is 0.886. The standard InChI is InChI=1S/C13H17BrN2O3/c1-9(16(2)7-6-12(17)18)13(19)15-11-5-3-4-10(14)8-11/h3-5,8-9H,6-7H2,1-2H3,(H,15,19)(H,17,18). The molecule has 0 aromatic heterocycles. The second-order valence-corrected chi connectivity index (χ2v) is 5.22. The minimum atomic E-state index is -0.869. The summed E-state index contributed by atoms with van der Waals surface area (Å²) in [4.78, 5) is 24.2. The van der Waals surface area contributed by atoms with Crippen molar-refractivity contribution in [3.8, 4) is 0 Å². The minimum Gasteiger partial charge on any atom is -0.481 e. The Labute approximate surface area is 120 Å². The number of benzene rings is 1. The number of halogens is 1. The average Bonchev–Trinajstić information content (AvgIpc) is 2.34.